The summed E-state index contributed by atoms with van der Waals surface area (Å²) in [6, 6.07) is 9.03. The van der Waals surface area contributed by atoms with E-state index in [9.17, 15) is 0 Å². The van der Waals surface area contributed by atoms with Crippen molar-refractivity contribution in [3.8, 4) is 5.75 Å². The highest BCUT2D eigenvalue weighted by Gasteiger charge is 2.22. The summed E-state index contributed by atoms with van der Waals surface area (Å²) >= 11 is 0. The second-order valence-electron chi connectivity index (χ2n) is 10.8. The summed E-state index contributed by atoms with van der Waals surface area (Å²) in [5.74, 6) is 4.54. The van der Waals surface area contributed by atoms with Gasteiger partial charge in [0.15, 0.2) is 0 Å². The molecule has 0 spiro atoms. The third kappa shape index (κ3) is 8.95. The average Bonchev–Trinajstić information content (AvgIpc) is 2.84. The number of allylic oxidation sites excluding steroid dienone is 1. The van der Waals surface area contributed by atoms with Gasteiger partial charge in [-0.2, -0.15) is 0 Å². The Bertz CT molecular complexity index is 614. The highest BCUT2D eigenvalue weighted by Crippen LogP contribution is 2.38. The lowest BCUT2D eigenvalue weighted by Gasteiger charge is -2.29. The smallest absolute Gasteiger partial charge is 0.119 e. The van der Waals surface area contributed by atoms with Crippen LogP contribution < -0.4 is 4.74 Å². The van der Waals surface area contributed by atoms with Crippen LogP contribution in [0.15, 0.2) is 36.4 Å². The maximum atomic E-state index is 6.00. The molecule has 0 amide bonds. The van der Waals surface area contributed by atoms with Gasteiger partial charge in [-0.05, 0) is 92.7 Å². The zero-order valence-electron chi connectivity index (χ0n) is 21.2. The van der Waals surface area contributed by atoms with Crippen LogP contribution in [0.25, 0.3) is 0 Å². The van der Waals surface area contributed by atoms with Crippen LogP contribution in [0.5, 0.6) is 5.75 Å². The molecule has 2 saturated carbocycles. The second kappa shape index (κ2) is 14.8. The van der Waals surface area contributed by atoms with Crippen LogP contribution >= 0.6 is 0 Å². The van der Waals surface area contributed by atoms with Crippen molar-refractivity contribution in [1.82, 2.24) is 0 Å². The van der Waals surface area contributed by atoms with Gasteiger partial charge in [-0.15, -0.1) is 0 Å². The molecule has 2 aliphatic rings. The number of ether oxygens (including phenoxy) is 1. The largest absolute Gasteiger partial charge is 0.490 e. The molecule has 2 aliphatic carbocycles. The van der Waals surface area contributed by atoms with Crippen LogP contribution in [0.4, 0.5) is 0 Å². The minimum atomic E-state index is 0.706. The number of benzene rings is 1. The summed E-state index contributed by atoms with van der Waals surface area (Å²) in [6.07, 6.45) is 27.2. The average molecular weight is 439 g/mol. The first-order valence-electron chi connectivity index (χ1n) is 14.2. The minimum Gasteiger partial charge on any atom is -0.490 e. The van der Waals surface area contributed by atoms with Crippen molar-refractivity contribution in [2.75, 3.05) is 6.61 Å². The van der Waals surface area contributed by atoms with Crippen molar-refractivity contribution in [3.63, 3.8) is 0 Å². The van der Waals surface area contributed by atoms with Gasteiger partial charge in [0, 0.05) is 0 Å². The number of unbranched alkanes of at least 4 members (excludes halogenated alkanes) is 4. The quantitative estimate of drug-likeness (QED) is 0.220. The highest BCUT2D eigenvalue weighted by atomic mass is 16.5. The molecule has 0 N–H and O–H groups in total. The van der Waals surface area contributed by atoms with E-state index in [0.717, 1.165) is 29.4 Å². The Balaban J connectivity index is 1.30. The van der Waals surface area contributed by atoms with Gasteiger partial charge >= 0.3 is 0 Å². The molecule has 0 atom stereocenters. The fourth-order valence-electron chi connectivity index (χ4n) is 6.13. The Labute approximate surface area is 199 Å². The molecule has 0 heterocycles. The summed E-state index contributed by atoms with van der Waals surface area (Å²) in [5.41, 5.74) is 1.53. The van der Waals surface area contributed by atoms with Crippen molar-refractivity contribution in [2.45, 2.75) is 122 Å². The Hall–Kier alpha value is -1.24. The van der Waals surface area contributed by atoms with Gasteiger partial charge in [0.2, 0.25) is 0 Å². The zero-order valence-corrected chi connectivity index (χ0v) is 21.2. The number of hydrogen-bond donors (Lipinski definition) is 0. The van der Waals surface area contributed by atoms with Gasteiger partial charge in [-0.1, -0.05) is 89.5 Å². The summed E-state index contributed by atoms with van der Waals surface area (Å²) in [4.78, 5) is 0. The van der Waals surface area contributed by atoms with Crippen LogP contribution in [0.2, 0.25) is 0 Å². The maximum absolute atomic E-state index is 6.00. The molecule has 1 aromatic rings. The van der Waals surface area contributed by atoms with E-state index >= 15 is 0 Å². The topological polar surface area (TPSA) is 9.23 Å². The normalized spacial score (nSPS) is 26.4. The highest BCUT2D eigenvalue weighted by molar-refractivity contribution is 5.30. The standard InChI is InChI=1S/C31H50O/c1-3-5-6-7-8-11-27-17-19-29(20-18-27)30-21-23-31(24-22-30)32-25-9-12-28-15-13-26(10-4-2)14-16-28/h9,12,21-24,26-29H,3-8,10-11,13-20,25H2,1-2H3. The third-order valence-electron chi connectivity index (χ3n) is 8.26. The molecular formula is C31H50O. The SMILES string of the molecule is CCCCCCCC1CCC(c2ccc(OCC=CC3CCC(CCC)CC3)cc2)CC1. The lowest BCUT2D eigenvalue weighted by molar-refractivity contribution is 0.292. The lowest BCUT2D eigenvalue weighted by Crippen LogP contribution is -2.13. The molecule has 2 fully saturated rings. The van der Waals surface area contributed by atoms with Crippen molar-refractivity contribution >= 4 is 0 Å². The summed E-state index contributed by atoms with van der Waals surface area (Å²) in [5, 5.41) is 0. The lowest BCUT2D eigenvalue weighted by atomic mass is 9.77. The first-order valence-corrected chi connectivity index (χ1v) is 14.2. The fourth-order valence-corrected chi connectivity index (χ4v) is 6.13. The van der Waals surface area contributed by atoms with Crippen molar-refractivity contribution in [3.05, 3.63) is 42.0 Å². The van der Waals surface area contributed by atoms with Crippen LogP contribution in [-0.2, 0) is 0 Å². The van der Waals surface area contributed by atoms with Crippen LogP contribution in [0.1, 0.15) is 128 Å². The molecule has 1 nitrogen and oxygen atoms in total. The van der Waals surface area contributed by atoms with Gasteiger partial charge in [-0.3, -0.25) is 0 Å². The van der Waals surface area contributed by atoms with Gasteiger partial charge < -0.3 is 4.74 Å². The summed E-state index contributed by atoms with van der Waals surface area (Å²) in [6.45, 7) is 5.33. The second-order valence-corrected chi connectivity index (χ2v) is 10.8. The zero-order chi connectivity index (χ0) is 22.4. The van der Waals surface area contributed by atoms with Crippen molar-refractivity contribution < 1.29 is 4.74 Å². The Morgan fingerprint density at radius 3 is 2.06 bits per heavy atom. The Morgan fingerprint density at radius 2 is 1.38 bits per heavy atom. The van der Waals surface area contributed by atoms with Crippen LogP contribution in [-0.4, -0.2) is 6.61 Å². The molecule has 3 rings (SSSR count). The number of hydrogen-bond acceptors (Lipinski definition) is 1. The molecule has 1 aromatic carbocycles. The van der Waals surface area contributed by atoms with Gasteiger partial charge in [-0.25, -0.2) is 0 Å². The van der Waals surface area contributed by atoms with E-state index in [-0.39, 0.29) is 0 Å². The van der Waals surface area contributed by atoms with E-state index in [4.69, 9.17) is 4.74 Å². The monoisotopic (exact) mass is 438 g/mol. The molecule has 32 heavy (non-hydrogen) atoms. The van der Waals surface area contributed by atoms with Crippen molar-refractivity contribution in [1.29, 1.82) is 0 Å². The summed E-state index contributed by atoms with van der Waals surface area (Å²) in [7, 11) is 0. The molecule has 0 bridgehead atoms. The Kier molecular flexibility index (Phi) is 11.8. The molecular weight excluding hydrogens is 388 g/mol. The first-order chi connectivity index (χ1) is 15.8. The van der Waals surface area contributed by atoms with Crippen LogP contribution in [0.3, 0.4) is 0 Å². The predicted octanol–water partition coefficient (Wildman–Crippen LogP) is 9.86. The molecule has 0 unspecified atom stereocenters. The van der Waals surface area contributed by atoms with E-state index in [1.54, 1.807) is 0 Å². The van der Waals surface area contributed by atoms with E-state index in [0.29, 0.717) is 6.61 Å². The van der Waals surface area contributed by atoms with Gasteiger partial charge in [0.05, 0.1) is 0 Å². The van der Waals surface area contributed by atoms with Crippen LogP contribution in [0, 0.1) is 17.8 Å². The van der Waals surface area contributed by atoms with Gasteiger partial charge in [0.1, 0.15) is 12.4 Å². The van der Waals surface area contributed by atoms with E-state index in [1.807, 2.05) is 0 Å². The molecule has 0 aliphatic heterocycles. The van der Waals surface area contributed by atoms with Crippen molar-refractivity contribution in [2.24, 2.45) is 17.8 Å². The fraction of sp³-hybridized carbons (Fsp3) is 0.742. The molecule has 0 aromatic heterocycles. The third-order valence-corrected chi connectivity index (χ3v) is 8.26. The first kappa shape index (κ1) is 25.4. The maximum Gasteiger partial charge on any atom is 0.119 e. The predicted molar refractivity (Wildman–Crippen MR) is 140 cm³/mol. The summed E-state index contributed by atoms with van der Waals surface area (Å²) < 4.78 is 6.00. The van der Waals surface area contributed by atoms with E-state index in [2.05, 4.69) is 50.3 Å². The minimum absolute atomic E-state index is 0.706. The molecule has 0 radical (unpaired) electrons. The van der Waals surface area contributed by atoms with E-state index in [1.165, 1.54) is 108 Å². The Morgan fingerprint density at radius 1 is 0.719 bits per heavy atom. The van der Waals surface area contributed by atoms with E-state index < -0.39 is 0 Å². The number of rotatable bonds is 13. The molecule has 1 heteroatoms. The molecule has 0 saturated heterocycles. The van der Waals surface area contributed by atoms with Gasteiger partial charge in [0.25, 0.3) is 0 Å². The molecule has 180 valence electrons.